The molecule has 3 aromatic rings. The minimum Gasteiger partial charge on any atom is -0.353 e. The molecule has 7 heteroatoms. The molecule has 1 saturated heterocycles. The van der Waals surface area contributed by atoms with Crippen molar-refractivity contribution in [1.82, 2.24) is 15.2 Å². The molecule has 1 aliphatic rings. The van der Waals surface area contributed by atoms with Crippen LogP contribution in [0.2, 0.25) is 0 Å². The average molecular weight is 390 g/mol. The number of amides is 4. The molecule has 2 N–H and O–H groups in total. The van der Waals surface area contributed by atoms with Crippen LogP contribution in [0.4, 0.5) is 10.5 Å². The van der Waals surface area contributed by atoms with E-state index in [0.29, 0.717) is 12.2 Å². The Morgan fingerprint density at radius 3 is 2.66 bits per heavy atom. The predicted octanol–water partition coefficient (Wildman–Crippen LogP) is 2.70. The number of hydrogen-bond acceptors (Lipinski definition) is 3. The molecule has 0 aliphatic carbocycles. The number of fused-ring (bicyclic) bond motifs is 1. The van der Waals surface area contributed by atoms with Gasteiger partial charge in [-0.2, -0.15) is 0 Å². The maximum absolute atomic E-state index is 12.9. The van der Waals surface area contributed by atoms with E-state index in [0.717, 1.165) is 16.5 Å². The Bertz CT molecular complexity index is 1080. The maximum atomic E-state index is 12.9. The Morgan fingerprint density at radius 1 is 1.07 bits per heavy atom. The number of carbonyl (C=O) groups is 3. The third kappa shape index (κ3) is 3.71. The summed E-state index contributed by atoms with van der Waals surface area (Å²) < 4.78 is 1.93. The first-order chi connectivity index (χ1) is 14.0. The fraction of sp³-hybridized carbons (Fsp3) is 0.227. The van der Waals surface area contributed by atoms with Gasteiger partial charge in [-0.15, -0.1) is 0 Å². The number of benzene rings is 2. The topological polar surface area (TPSA) is 83.4 Å². The number of nitrogens with one attached hydrogen (secondary N) is 2. The van der Waals surface area contributed by atoms with Crippen LogP contribution in [0.15, 0.2) is 60.8 Å². The van der Waals surface area contributed by atoms with Crippen LogP contribution >= 0.6 is 0 Å². The average Bonchev–Trinajstić information content (AvgIpc) is 3.26. The largest absolute Gasteiger partial charge is 0.353 e. The molecular formula is C22H22N4O3. The lowest BCUT2D eigenvalue weighted by atomic mass is 10.1. The van der Waals surface area contributed by atoms with E-state index in [4.69, 9.17) is 0 Å². The van der Waals surface area contributed by atoms with Crippen molar-refractivity contribution in [3.8, 4) is 0 Å². The van der Waals surface area contributed by atoms with E-state index >= 15 is 0 Å². The number of hydrogen-bond donors (Lipinski definition) is 2. The van der Waals surface area contributed by atoms with Gasteiger partial charge in [-0.05, 0) is 30.0 Å². The molecule has 1 aliphatic heterocycles. The molecule has 2 aromatic carbocycles. The normalized spacial score (nSPS) is 16.3. The maximum Gasteiger partial charge on any atom is 0.329 e. The lowest BCUT2D eigenvalue weighted by Crippen LogP contribution is -2.32. The molecule has 1 fully saturated rings. The summed E-state index contributed by atoms with van der Waals surface area (Å²) in [6, 6.07) is 15.8. The Balaban J connectivity index is 1.40. The van der Waals surface area contributed by atoms with Gasteiger partial charge < -0.3 is 15.2 Å². The van der Waals surface area contributed by atoms with E-state index < -0.39 is 12.1 Å². The van der Waals surface area contributed by atoms with Crippen molar-refractivity contribution >= 4 is 34.3 Å². The Hall–Kier alpha value is -3.61. The summed E-state index contributed by atoms with van der Waals surface area (Å²) in [7, 11) is 1.91. The fourth-order valence-electron chi connectivity index (χ4n) is 3.59. The van der Waals surface area contributed by atoms with Crippen LogP contribution in [0.3, 0.4) is 0 Å². The molecule has 4 amide bonds. The van der Waals surface area contributed by atoms with Gasteiger partial charge in [0.2, 0.25) is 5.91 Å². The van der Waals surface area contributed by atoms with E-state index in [9.17, 15) is 14.4 Å². The van der Waals surface area contributed by atoms with Crippen LogP contribution in [-0.2, 0) is 23.2 Å². The van der Waals surface area contributed by atoms with Gasteiger partial charge in [0.05, 0.1) is 12.2 Å². The first-order valence-electron chi connectivity index (χ1n) is 9.54. The lowest BCUT2D eigenvalue weighted by molar-refractivity contribution is -0.122. The Morgan fingerprint density at radius 2 is 1.86 bits per heavy atom. The van der Waals surface area contributed by atoms with Crippen molar-refractivity contribution in [1.29, 1.82) is 0 Å². The number of urea groups is 1. The van der Waals surface area contributed by atoms with Crippen LogP contribution in [0.1, 0.15) is 18.5 Å². The molecule has 148 valence electrons. The zero-order valence-electron chi connectivity index (χ0n) is 16.1. The first-order valence-corrected chi connectivity index (χ1v) is 9.54. The van der Waals surface area contributed by atoms with E-state index in [2.05, 4.69) is 10.6 Å². The predicted molar refractivity (Wildman–Crippen MR) is 110 cm³/mol. The zero-order chi connectivity index (χ0) is 20.4. The van der Waals surface area contributed by atoms with Gasteiger partial charge in [-0.3, -0.25) is 9.59 Å². The molecule has 0 radical (unpaired) electrons. The number of aromatic nitrogens is 1. The summed E-state index contributed by atoms with van der Waals surface area (Å²) in [5, 5.41) is 7.34. The van der Waals surface area contributed by atoms with Gasteiger partial charge >= 0.3 is 6.03 Å². The van der Waals surface area contributed by atoms with Gasteiger partial charge in [-0.1, -0.05) is 36.4 Å². The number of anilines is 1. The van der Waals surface area contributed by atoms with Gasteiger partial charge in [0.15, 0.2) is 0 Å². The van der Waals surface area contributed by atoms with Crippen LogP contribution in [0.5, 0.6) is 0 Å². The van der Waals surface area contributed by atoms with Crippen LogP contribution in [-0.4, -0.2) is 28.5 Å². The molecule has 4 rings (SSSR count). The van der Waals surface area contributed by atoms with Crippen molar-refractivity contribution in [3.05, 3.63) is 66.5 Å². The summed E-state index contributed by atoms with van der Waals surface area (Å²) >= 11 is 0. The Kier molecular flexibility index (Phi) is 5.03. The van der Waals surface area contributed by atoms with Gasteiger partial charge in [-0.25, -0.2) is 9.69 Å². The smallest absolute Gasteiger partial charge is 0.329 e. The number of rotatable bonds is 6. The van der Waals surface area contributed by atoms with Crippen molar-refractivity contribution < 1.29 is 14.4 Å². The minimum absolute atomic E-state index is 0.156. The van der Waals surface area contributed by atoms with Gasteiger partial charge in [0.1, 0.15) is 6.04 Å². The summed E-state index contributed by atoms with van der Waals surface area (Å²) in [5.74, 6) is -0.488. The number of nitrogens with zero attached hydrogens (tertiary/aromatic N) is 2. The highest BCUT2D eigenvalue weighted by atomic mass is 16.2. The number of imide groups is 1. The highest BCUT2D eigenvalue weighted by Gasteiger charge is 2.39. The van der Waals surface area contributed by atoms with E-state index in [1.807, 2.05) is 66.3 Å². The number of aryl methyl sites for hydroxylation is 1. The Labute approximate surface area is 168 Å². The third-order valence-electron chi connectivity index (χ3n) is 5.20. The second kappa shape index (κ2) is 7.79. The van der Waals surface area contributed by atoms with E-state index in [-0.39, 0.29) is 24.7 Å². The molecule has 2 heterocycles. The first kappa shape index (κ1) is 18.7. The quantitative estimate of drug-likeness (QED) is 0.635. The molecule has 0 unspecified atom stereocenters. The molecule has 29 heavy (non-hydrogen) atoms. The minimum atomic E-state index is -0.706. The summed E-state index contributed by atoms with van der Waals surface area (Å²) in [5.41, 5.74) is 1.55. The summed E-state index contributed by atoms with van der Waals surface area (Å²) in [6.45, 7) is 0.426. The monoisotopic (exact) mass is 390 g/mol. The molecule has 0 saturated carbocycles. The third-order valence-corrected chi connectivity index (χ3v) is 5.20. The number of carbonyl (C=O) groups excluding carboxylic acids is 3. The van der Waals surface area contributed by atoms with E-state index in [1.54, 1.807) is 6.07 Å². The van der Waals surface area contributed by atoms with Crippen molar-refractivity contribution in [2.75, 3.05) is 4.90 Å². The summed E-state index contributed by atoms with van der Waals surface area (Å²) in [6.07, 6.45) is 2.32. The molecule has 1 atom stereocenters. The highest BCUT2D eigenvalue weighted by Crippen LogP contribution is 2.29. The van der Waals surface area contributed by atoms with Crippen LogP contribution < -0.4 is 15.5 Å². The SMILES string of the molecule is Cn1cccc1CNC(=O)CC[C@H]1NC(=O)N(c2cccc3ccccc23)C1=O. The second-order valence-electron chi connectivity index (χ2n) is 7.10. The molecule has 0 spiro atoms. The van der Waals surface area contributed by atoms with Gasteiger partial charge in [0.25, 0.3) is 5.91 Å². The van der Waals surface area contributed by atoms with E-state index in [1.165, 1.54) is 4.90 Å². The second-order valence-corrected chi connectivity index (χ2v) is 7.10. The standard InChI is InChI=1S/C22H22N4O3/c1-25-13-5-8-16(25)14-23-20(27)12-11-18-21(28)26(22(29)24-18)19-10-4-7-15-6-2-3-9-17(15)19/h2-10,13,18H,11-12,14H2,1H3,(H,23,27)(H,24,29)/t18-/m1/s1. The van der Waals surface area contributed by atoms with Crippen LogP contribution in [0, 0.1) is 0 Å². The molecule has 0 bridgehead atoms. The summed E-state index contributed by atoms with van der Waals surface area (Å²) in [4.78, 5) is 38.7. The van der Waals surface area contributed by atoms with Gasteiger partial charge in [0, 0.05) is 30.7 Å². The van der Waals surface area contributed by atoms with Crippen LogP contribution in [0.25, 0.3) is 10.8 Å². The lowest BCUT2D eigenvalue weighted by Gasteiger charge is -2.15. The fourth-order valence-corrected chi connectivity index (χ4v) is 3.59. The van der Waals surface area contributed by atoms with Crippen molar-refractivity contribution in [3.63, 3.8) is 0 Å². The highest BCUT2D eigenvalue weighted by molar-refractivity contribution is 6.24. The molecule has 1 aromatic heterocycles. The van der Waals surface area contributed by atoms with Crippen molar-refractivity contribution in [2.45, 2.75) is 25.4 Å². The molecule has 7 nitrogen and oxygen atoms in total. The molecular weight excluding hydrogens is 368 g/mol. The zero-order valence-corrected chi connectivity index (χ0v) is 16.1. The van der Waals surface area contributed by atoms with Crippen molar-refractivity contribution in [2.24, 2.45) is 7.05 Å².